The summed E-state index contributed by atoms with van der Waals surface area (Å²) in [6.07, 6.45) is 3.74. The average molecular weight is 245 g/mol. The van der Waals surface area contributed by atoms with E-state index in [0.29, 0.717) is 5.92 Å². The quantitative estimate of drug-likeness (QED) is 0.898. The second-order valence-electron chi connectivity index (χ2n) is 4.61. The molecule has 0 atom stereocenters. The lowest BCUT2D eigenvalue weighted by atomic mass is 10.2. The summed E-state index contributed by atoms with van der Waals surface area (Å²) in [6, 6.07) is 1.94. The van der Waals surface area contributed by atoms with Gasteiger partial charge in [0.25, 0.3) is 0 Å². The number of aryl methyl sites for hydroxylation is 1. The molecule has 0 spiro atoms. The minimum Gasteiger partial charge on any atom is -0.370 e. The van der Waals surface area contributed by atoms with Crippen LogP contribution in [0, 0.1) is 0 Å². The monoisotopic (exact) mass is 245 g/mol. The summed E-state index contributed by atoms with van der Waals surface area (Å²) in [5.74, 6) is 2.00. The lowest BCUT2D eigenvalue weighted by Gasteiger charge is -2.09. The van der Waals surface area contributed by atoms with Crippen molar-refractivity contribution >= 4 is 5.82 Å². The molecule has 0 aliphatic heterocycles. The van der Waals surface area contributed by atoms with Crippen LogP contribution in [0.2, 0.25) is 0 Å². The maximum Gasteiger partial charge on any atom is 0.134 e. The summed E-state index contributed by atoms with van der Waals surface area (Å²) in [5.41, 5.74) is 1.74. The van der Waals surface area contributed by atoms with Crippen LogP contribution in [0.4, 0.5) is 5.82 Å². The van der Waals surface area contributed by atoms with Gasteiger partial charge in [0.15, 0.2) is 0 Å². The Bertz CT molecular complexity index is 530. The minimum atomic E-state index is 0.297. The molecular formula is C13H19N5. The van der Waals surface area contributed by atoms with Crippen LogP contribution in [0.25, 0.3) is 11.4 Å². The molecule has 5 nitrogen and oxygen atoms in total. The fourth-order valence-corrected chi connectivity index (χ4v) is 1.67. The molecule has 0 aliphatic rings. The second kappa shape index (κ2) is 5.16. The van der Waals surface area contributed by atoms with Crippen molar-refractivity contribution < 1.29 is 0 Å². The molecule has 0 bridgehead atoms. The number of rotatable bonds is 4. The zero-order valence-corrected chi connectivity index (χ0v) is 11.3. The summed E-state index contributed by atoms with van der Waals surface area (Å²) >= 11 is 0. The van der Waals surface area contributed by atoms with Gasteiger partial charge in [0.2, 0.25) is 0 Å². The molecule has 18 heavy (non-hydrogen) atoms. The molecule has 2 aromatic rings. The van der Waals surface area contributed by atoms with Crippen molar-refractivity contribution in [1.82, 2.24) is 19.5 Å². The molecule has 2 heterocycles. The summed E-state index contributed by atoms with van der Waals surface area (Å²) in [4.78, 5) is 13.4. The number of aromatic nitrogens is 4. The lowest BCUT2D eigenvalue weighted by molar-refractivity contribution is 0.776. The number of nitrogens with zero attached hydrogens (tertiary/aromatic N) is 4. The normalized spacial score (nSPS) is 10.9. The third-order valence-electron chi connectivity index (χ3n) is 2.59. The van der Waals surface area contributed by atoms with Gasteiger partial charge in [0, 0.05) is 31.8 Å². The van der Waals surface area contributed by atoms with E-state index in [-0.39, 0.29) is 0 Å². The molecule has 5 heteroatoms. The topological polar surface area (TPSA) is 55.6 Å². The van der Waals surface area contributed by atoms with Crippen molar-refractivity contribution in [3.05, 3.63) is 24.4 Å². The standard InChI is InChI=1S/C13H19N5/c1-5-14-12-6-10(11-7-18(4)8-15-11)16-13(17-12)9(2)3/h6-9H,5H2,1-4H3,(H,14,16,17). The van der Waals surface area contributed by atoms with E-state index in [0.717, 1.165) is 29.6 Å². The Balaban J connectivity index is 2.45. The SMILES string of the molecule is CCNc1cc(-c2cn(C)cn2)nc(C(C)C)n1. The molecule has 0 aromatic carbocycles. The zero-order valence-electron chi connectivity index (χ0n) is 11.3. The Hall–Kier alpha value is -1.91. The van der Waals surface area contributed by atoms with Gasteiger partial charge < -0.3 is 9.88 Å². The van der Waals surface area contributed by atoms with Crippen molar-refractivity contribution in [1.29, 1.82) is 0 Å². The van der Waals surface area contributed by atoms with Gasteiger partial charge in [0.1, 0.15) is 17.3 Å². The number of nitrogens with one attached hydrogen (secondary N) is 1. The van der Waals surface area contributed by atoms with E-state index >= 15 is 0 Å². The van der Waals surface area contributed by atoms with E-state index in [1.165, 1.54) is 0 Å². The third kappa shape index (κ3) is 2.67. The largest absolute Gasteiger partial charge is 0.370 e. The first-order valence-electron chi connectivity index (χ1n) is 6.21. The fraction of sp³-hybridized carbons (Fsp3) is 0.462. The first-order valence-corrected chi connectivity index (χ1v) is 6.21. The van der Waals surface area contributed by atoms with Crippen molar-refractivity contribution in [2.24, 2.45) is 7.05 Å². The van der Waals surface area contributed by atoms with Gasteiger partial charge in [-0.2, -0.15) is 0 Å². The molecule has 0 radical (unpaired) electrons. The molecule has 0 saturated heterocycles. The number of hydrogen-bond donors (Lipinski definition) is 1. The summed E-state index contributed by atoms with van der Waals surface area (Å²) < 4.78 is 1.92. The smallest absolute Gasteiger partial charge is 0.134 e. The fourth-order valence-electron chi connectivity index (χ4n) is 1.67. The van der Waals surface area contributed by atoms with Gasteiger partial charge >= 0.3 is 0 Å². The molecule has 1 N–H and O–H groups in total. The summed E-state index contributed by atoms with van der Waals surface area (Å²) in [7, 11) is 1.95. The van der Waals surface area contributed by atoms with Gasteiger partial charge in [0.05, 0.1) is 12.0 Å². The van der Waals surface area contributed by atoms with E-state index < -0.39 is 0 Å². The molecule has 0 unspecified atom stereocenters. The van der Waals surface area contributed by atoms with Gasteiger partial charge in [-0.3, -0.25) is 0 Å². The van der Waals surface area contributed by atoms with E-state index in [1.54, 1.807) is 6.33 Å². The third-order valence-corrected chi connectivity index (χ3v) is 2.59. The lowest BCUT2D eigenvalue weighted by Crippen LogP contribution is -2.05. The highest BCUT2D eigenvalue weighted by Crippen LogP contribution is 2.20. The van der Waals surface area contributed by atoms with Gasteiger partial charge in [-0.15, -0.1) is 0 Å². The van der Waals surface area contributed by atoms with Gasteiger partial charge in [-0.25, -0.2) is 15.0 Å². The Morgan fingerprint density at radius 3 is 2.61 bits per heavy atom. The molecule has 0 aliphatic carbocycles. The van der Waals surface area contributed by atoms with E-state index in [4.69, 9.17) is 0 Å². The maximum atomic E-state index is 4.57. The van der Waals surface area contributed by atoms with Crippen molar-refractivity contribution in [3.63, 3.8) is 0 Å². The Morgan fingerprint density at radius 2 is 2.06 bits per heavy atom. The summed E-state index contributed by atoms with van der Waals surface area (Å²) in [5, 5.41) is 3.23. The predicted molar refractivity (Wildman–Crippen MR) is 72.5 cm³/mol. The first-order chi connectivity index (χ1) is 8.60. The van der Waals surface area contributed by atoms with E-state index in [9.17, 15) is 0 Å². The van der Waals surface area contributed by atoms with Crippen LogP contribution in [0.1, 0.15) is 32.5 Å². The van der Waals surface area contributed by atoms with Crippen LogP contribution in [0.15, 0.2) is 18.6 Å². The van der Waals surface area contributed by atoms with E-state index in [1.807, 2.05) is 23.9 Å². The molecule has 2 aromatic heterocycles. The van der Waals surface area contributed by atoms with Crippen LogP contribution in [0.5, 0.6) is 0 Å². The number of hydrogen-bond acceptors (Lipinski definition) is 4. The number of anilines is 1. The maximum absolute atomic E-state index is 4.57. The van der Waals surface area contributed by atoms with Crippen LogP contribution >= 0.6 is 0 Å². The average Bonchev–Trinajstić information content (AvgIpc) is 2.76. The van der Waals surface area contributed by atoms with Crippen LogP contribution < -0.4 is 5.32 Å². The first kappa shape index (κ1) is 12.5. The van der Waals surface area contributed by atoms with Crippen LogP contribution in [-0.2, 0) is 7.05 Å². The van der Waals surface area contributed by atoms with Crippen molar-refractivity contribution in [3.8, 4) is 11.4 Å². The molecule has 96 valence electrons. The van der Waals surface area contributed by atoms with E-state index in [2.05, 4.69) is 41.0 Å². The molecule has 0 amide bonds. The summed E-state index contributed by atoms with van der Waals surface area (Å²) in [6.45, 7) is 7.08. The van der Waals surface area contributed by atoms with Crippen molar-refractivity contribution in [2.75, 3.05) is 11.9 Å². The highest BCUT2D eigenvalue weighted by atomic mass is 15.0. The van der Waals surface area contributed by atoms with Gasteiger partial charge in [-0.1, -0.05) is 13.8 Å². The molecule has 2 rings (SSSR count). The number of imidazole rings is 1. The highest BCUT2D eigenvalue weighted by Gasteiger charge is 2.10. The predicted octanol–water partition coefficient (Wildman–Crippen LogP) is 2.43. The van der Waals surface area contributed by atoms with Crippen LogP contribution in [-0.4, -0.2) is 26.1 Å². The zero-order chi connectivity index (χ0) is 13.1. The Labute approximate surface area is 107 Å². The highest BCUT2D eigenvalue weighted by molar-refractivity contribution is 5.58. The van der Waals surface area contributed by atoms with Gasteiger partial charge in [-0.05, 0) is 6.92 Å². The molecule has 0 fully saturated rings. The minimum absolute atomic E-state index is 0.297. The van der Waals surface area contributed by atoms with Crippen molar-refractivity contribution in [2.45, 2.75) is 26.7 Å². The molecular weight excluding hydrogens is 226 g/mol. The Morgan fingerprint density at radius 1 is 1.28 bits per heavy atom. The Kier molecular flexibility index (Phi) is 3.60. The molecule has 0 saturated carbocycles. The van der Waals surface area contributed by atoms with Crippen LogP contribution in [0.3, 0.4) is 0 Å². The second-order valence-corrected chi connectivity index (χ2v) is 4.61.